The maximum Gasteiger partial charge on any atom is 0.273 e. The quantitative estimate of drug-likeness (QED) is 0.719. The fourth-order valence-corrected chi connectivity index (χ4v) is 2.07. The smallest absolute Gasteiger partial charge is 0.273 e. The molecule has 116 valence electrons. The lowest BCUT2D eigenvalue weighted by atomic mass is 10.1. The molecule has 1 N–H and O–H groups in total. The van der Waals surface area contributed by atoms with Gasteiger partial charge in [0.1, 0.15) is 11.6 Å². The van der Waals surface area contributed by atoms with Crippen molar-refractivity contribution in [3.8, 4) is 11.5 Å². The average molecular weight is 333 g/mol. The number of hydrogen-bond donors (Lipinski definition) is 2. The Labute approximate surface area is 134 Å². The first-order valence-electron chi connectivity index (χ1n) is 6.43. The van der Waals surface area contributed by atoms with Crippen LogP contribution in [0.15, 0.2) is 52.1 Å². The number of rotatable bonds is 3. The van der Waals surface area contributed by atoms with Crippen LogP contribution in [-0.2, 0) is 0 Å². The summed E-state index contributed by atoms with van der Waals surface area (Å²) < 4.78 is 32.7. The van der Waals surface area contributed by atoms with E-state index in [0.717, 1.165) is 6.07 Å². The number of anilines is 1. The van der Waals surface area contributed by atoms with E-state index in [0.29, 0.717) is 0 Å². The number of carbonyl (C=O) groups is 1. The van der Waals surface area contributed by atoms with Crippen molar-refractivity contribution in [2.24, 2.45) is 0 Å². The molecule has 3 rings (SSSR count). The first kappa shape index (κ1) is 15.2. The van der Waals surface area contributed by atoms with E-state index in [2.05, 4.69) is 28.1 Å². The zero-order chi connectivity index (χ0) is 16.4. The highest BCUT2D eigenvalue weighted by Gasteiger charge is 2.15. The molecule has 1 heterocycles. The maximum atomic E-state index is 14.1. The van der Waals surface area contributed by atoms with Gasteiger partial charge in [-0.05, 0) is 30.3 Å². The van der Waals surface area contributed by atoms with E-state index >= 15 is 0 Å². The van der Waals surface area contributed by atoms with Crippen molar-refractivity contribution in [3.05, 3.63) is 59.7 Å². The van der Waals surface area contributed by atoms with Crippen LogP contribution in [0.2, 0.25) is 0 Å². The topological polar surface area (TPSA) is 68.0 Å². The van der Waals surface area contributed by atoms with Gasteiger partial charge in [-0.3, -0.25) is 4.79 Å². The molecule has 0 saturated carbocycles. The Kier molecular flexibility index (Phi) is 4.07. The van der Waals surface area contributed by atoms with Crippen LogP contribution < -0.4 is 5.32 Å². The number of benzene rings is 2. The first-order chi connectivity index (χ1) is 11.0. The van der Waals surface area contributed by atoms with Gasteiger partial charge in [0, 0.05) is 5.69 Å². The zero-order valence-electron chi connectivity index (χ0n) is 11.5. The molecule has 0 saturated heterocycles. The molecule has 1 amide bonds. The average Bonchev–Trinajstić information content (AvgIpc) is 2.94. The third kappa shape index (κ3) is 3.21. The molecule has 0 aliphatic heterocycles. The summed E-state index contributed by atoms with van der Waals surface area (Å²) in [6.07, 6.45) is 0. The number of nitrogens with zero attached hydrogens (tertiary/aromatic N) is 2. The number of hydrogen-bond acceptors (Lipinski definition) is 5. The second kappa shape index (κ2) is 6.17. The summed E-state index contributed by atoms with van der Waals surface area (Å²) in [5.74, 6) is -2.03. The standard InChI is InChI=1S/C15H9F2N3O2S/c16-11-4-2-1-3-9(11)13(21)18-8-5-6-10(12(17)7-8)14-19-20-15(23)22-14/h1-7H,(H,18,21)(H,20,23). The zero-order valence-corrected chi connectivity index (χ0v) is 12.3. The van der Waals surface area contributed by atoms with E-state index in [-0.39, 0.29) is 27.9 Å². The van der Waals surface area contributed by atoms with Crippen LogP contribution in [0.5, 0.6) is 0 Å². The van der Waals surface area contributed by atoms with Gasteiger partial charge in [0.25, 0.3) is 17.0 Å². The summed E-state index contributed by atoms with van der Waals surface area (Å²) in [5, 5.41) is 9.58. The molecule has 23 heavy (non-hydrogen) atoms. The Morgan fingerprint density at radius 1 is 1.09 bits per heavy atom. The number of aromatic nitrogens is 2. The molecule has 0 atom stereocenters. The second-order valence-electron chi connectivity index (χ2n) is 4.52. The highest BCUT2D eigenvalue weighted by atomic mass is 32.1. The van der Waals surface area contributed by atoms with Crippen LogP contribution >= 0.6 is 12.6 Å². The Bertz CT molecular complexity index is 883. The van der Waals surface area contributed by atoms with Gasteiger partial charge < -0.3 is 9.73 Å². The lowest BCUT2D eigenvalue weighted by Crippen LogP contribution is -2.13. The summed E-state index contributed by atoms with van der Waals surface area (Å²) in [4.78, 5) is 12.0. The lowest BCUT2D eigenvalue weighted by Gasteiger charge is -2.07. The molecule has 0 fully saturated rings. The SMILES string of the molecule is O=C(Nc1ccc(-c2nnc(S)o2)c(F)c1)c1ccccc1F. The van der Waals surface area contributed by atoms with E-state index in [1.165, 1.54) is 36.4 Å². The van der Waals surface area contributed by atoms with Crippen molar-refractivity contribution in [1.82, 2.24) is 10.2 Å². The monoisotopic (exact) mass is 333 g/mol. The van der Waals surface area contributed by atoms with Crippen LogP contribution in [0.25, 0.3) is 11.5 Å². The molecule has 0 spiro atoms. The van der Waals surface area contributed by atoms with Gasteiger partial charge >= 0.3 is 0 Å². The molecule has 5 nitrogen and oxygen atoms in total. The number of nitrogens with one attached hydrogen (secondary N) is 1. The summed E-state index contributed by atoms with van der Waals surface area (Å²) in [7, 11) is 0. The molecule has 0 radical (unpaired) electrons. The van der Waals surface area contributed by atoms with Gasteiger partial charge in [-0.2, -0.15) is 0 Å². The van der Waals surface area contributed by atoms with Gasteiger partial charge in [0.15, 0.2) is 0 Å². The van der Waals surface area contributed by atoms with E-state index in [1.807, 2.05) is 0 Å². The van der Waals surface area contributed by atoms with Crippen molar-refractivity contribution >= 4 is 24.2 Å². The van der Waals surface area contributed by atoms with Crippen LogP contribution in [-0.4, -0.2) is 16.1 Å². The minimum atomic E-state index is -0.675. The minimum Gasteiger partial charge on any atom is -0.411 e. The summed E-state index contributed by atoms with van der Waals surface area (Å²) in [6.45, 7) is 0. The van der Waals surface area contributed by atoms with Crippen LogP contribution in [0.3, 0.4) is 0 Å². The van der Waals surface area contributed by atoms with E-state index in [4.69, 9.17) is 4.42 Å². The fraction of sp³-hybridized carbons (Fsp3) is 0. The fourth-order valence-electron chi connectivity index (χ4n) is 1.93. The van der Waals surface area contributed by atoms with Gasteiger partial charge in [0.05, 0.1) is 11.1 Å². The van der Waals surface area contributed by atoms with Crippen molar-refractivity contribution in [2.75, 3.05) is 5.32 Å². The highest BCUT2D eigenvalue weighted by molar-refractivity contribution is 7.80. The number of halogens is 2. The Morgan fingerprint density at radius 2 is 1.87 bits per heavy atom. The van der Waals surface area contributed by atoms with Gasteiger partial charge in [-0.15, -0.1) is 10.2 Å². The molecular formula is C15H9F2N3O2S. The Hall–Kier alpha value is -2.74. The number of amides is 1. The second-order valence-corrected chi connectivity index (χ2v) is 4.90. The predicted octanol–water partition coefficient (Wildman–Crippen LogP) is 3.56. The summed E-state index contributed by atoms with van der Waals surface area (Å²) in [6, 6.07) is 9.40. The van der Waals surface area contributed by atoms with E-state index < -0.39 is 17.5 Å². The molecule has 0 aliphatic rings. The highest BCUT2D eigenvalue weighted by Crippen LogP contribution is 2.25. The first-order valence-corrected chi connectivity index (χ1v) is 6.87. The van der Waals surface area contributed by atoms with Crippen molar-refractivity contribution in [1.29, 1.82) is 0 Å². The van der Waals surface area contributed by atoms with Gasteiger partial charge in [-0.25, -0.2) is 8.78 Å². The molecule has 2 aromatic carbocycles. The van der Waals surface area contributed by atoms with Crippen molar-refractivity contribution in [3.63, 3.8) is 0 Å². The molecule has 0 unspecified atom stereocenters. The van der Waals surface area contributed by atoms with Crippen molar-refractivity contribution in [2.45, 2.75) is 5.22 Å². The molecule has 1 aromatic heterocycles. The van der Waals surface area contributed by atoms with Crippen LogP contribution in [0.4, 0.5) is 14.5 Å². The third-order valence-corrected chi connectivity index (χ3v) is 3.17. The largest absolute Gasteiger partial charge is 0.411 e. The molecule has 0 bridgehead atoms. The number of thiol groups is 1. The van der Waals surface area contributed by atoms with Gasteiger partial charge in [-0.1, -0.05) is 24.8 Å². The summed E-state index contributed by atoms with van der Waals surface area (Å²) >= 11 is 3.85. The third-order valence-electron chi connectivity index (χ3n) is 2.99. The molecular weight excluding hydrogens is 324 g/mol. The van der Waals surface area contributed by atoms with E-state index in [9.17, 15) is 13.6 Å². The Morgan fingerprint density at radius 3 is 2.52 bits per heavy atom. The molecule has 0 aliphatic carbocycles. The minimum absolute atomic E-state index is 0.0105. The number of carbonyl (C=O) groups excluding carboxylic acids is 1. The summed E-state index contributed by atoms with van der Waals surface area (Å²) in [5.41, 5.74) is 0.111. The maximum absolute atomic E-state index is 14.1. The van der Waals surface area contributed by atoms with Crippen molar-refractivity contribution < 1.29 is 18.0 Å². The van der Waals surface area contributed by atoms with E-state index in [1.54, 1.807) is 0 Å². The predicted molar refractivity (Wildman–Crippen MR) is 81.3 cm³/mol. The molecule has 8 heteroatoms. The lowest BCUT2D eigenvalue weighted by molar-refractivity contribution is 0.102. The Balaban J connectivity index is 1.84. The van der Waals surface area contributed by atoms with Crippen LogP contribution in [0, 0.1) is 11.6 Å². The van der Waals surface area contributed by atoms with Crippen LogP contribution in [0.1, 0.15) is 10.4 Å². The normalized spacial score (nSPS) is 10.6. The molecule has 3 aromatic rings. The van der Waals surface area contributed by atoms with Gasteiger partial charge in [0.2, 0.25) is 0 Å².